The first-order valence-corrected chi connectivity index (χ1v) is 5.39. The second kappa shape index (κ2) is 4.86. The Morgan fingerprint density at radius 1 is 1.31 bits per heavy atom. The highest BCUT2D eigenvalue weighted by Gasteiger charge is 2.05. The zero-order valence-electron chi connectivity index (χ0n) is 9.02. The highest BCUT2D eigenvalue weighted by molar-refractivity contribution is 5.99. The minimum atomic E-state index is 0.149. The number of Topliss-reactive ketones (excluding diaryl/α,β-unsaturated/α-hetero) is 1. The van der Waals surface area contributed by atoms with Crippen LogP contribution in [0.15, 0.2) is 36.5 Å². The molecule has 82 valence electrons. The molecule has 0 spiro atoms. The highest BCUT2D eigenvalue weighted by Crippen LogP contribution is 2.14. The summed E-state index contributed by atoms with van der Waals surface area (Å²) in [5.41, 5.74) is 7.04. The number of benzene rings is 1. The maximum atomic E-state index is 11.8. The third-order valence-electron chi connectivity index (χ3n) is 2.53. The molecule has 0 saturated heterocycles. The van der Waals surface area contributed by atoms with E-state index in [1.807, 2.05) is 30.3 Å². The molecule has 0 radical (unpaired) electrons. The van der Waals surface area contributed by atoms with Gasteiger partial charge in [-0.25, -0.2) is 0 Å². The van der Waals surface area contributed by atoms with Gasteiger partial charge in [0.2, 0.25) is 0 Å². The Morgan fingerprint density at radius 2 is 2.19 bits per heavy atom. The van der Waals surface area contributed by atoms with Crippen molar-refractivity contribution in [2.75, 3.05) is 6.54 Å². The van der Waals surface area contributed by atoms with E-state index in [0.29, 0.717) is 13.0 Å². The zero-order chi connectivity index (χ0) is 11.4. The lowest BCUT2D eigenvalue weighted by atomic mass is 10.0. The Bertz CT molecular complexity index is 508. The molecular formula is C13H14N2O. The molecule has 1 aromatic heterocycles. The van der Waals surface area contributed by atoms with E-state index in [1.54, 1.807) is 6.20 Å². The number of ketones is 1. The first-order chi connectivity index (χ1) is 7.81. The average molecular weight is 214 g/mol. The summed E-state index contributed by atoms with van der Waals surface area (Å²) in [4.78, 5) is 16.0. The molecule has 3 nitrogen and oxygen atoms in total. The minimum absolute atomic E-state index is 0.149. The lowest BCUT2D eigenvalue weighted by Crippen LogP contribution is -2.04. The molecule has 0 unspecified atom stereocenters. The summed E-state index contributed by atoms with van der Waals surface area (Å²) in [6.45, 7) is 0.556. The van der Waals surface area contributed by atoms with Crippen molar-refractivity contribution >= 4 is 16.7 Å². The van der Waals surface area contributed by atoms with Crippen LogP contribution in [-0.2, 0) is 0 Å². The van der Waals surface area contributed by atoms with Crippen molar-refractivity contribution in [3.05, 3.63) is 42.1 Å². The van der Waals surface area contributed by atoms with Gasteiger partial charge in [-0.15, -0.1) is 0 Å². The quantitative estimate of drug-likeness (QED) is 0.793. The van der Waals surface area contributed by atoms with Crippen LogP contribution >= 0.6 is 0 Å². The van der Waals surface area contributed by atoms with Crippen LogP contribution < -0.4 is 5.73 Å². The van der Waals surface area contributed by atoms with Gasteiger partial charge >= 0.3 is 0 Å². The molecule has 3 heteroatoms. The number of carbonyl (C=O) groups is 1. The van der Waals surface area contributed by atoms with Gasteiger partial charge in [-0.2, -0.15) is 0 Å². The van der Waals surface area contributed by atoms with Crippen molar-refractivity contribution < 1.29 is 4.79 Å². The summed E-state index contributed by atoms with van der Waals surface area (Å²) in [7, 11) is 0. The van der Waals surface area contributed by atoms with Gasteiger partial charge in [0, 0.05) is 23.6 Å². The van der Waals surface area contributed by atoms with Crippen LogP contribution in [0.2, 0.25) is 0 Å². The number of carbonyl (C=O) groups excluding carboxylic acids is 1. The monoisotopic (exact) mass is 214 g/mol. The third-order valence-corrected chi connectivity index (χ3v) is 2.53. The van der Waals surface area contributed by atoms with Crippen LogP contribution in [0.4, 0.5) is 0 Å². The molecule has 0 bridgehead atoms. The predicted octanol–water partition coefficient (Wildman–Crippen LogP) is 2.16. The van der Waals surface area contributed by atoms with Crippen molar-refractivity contribution in [3.63, 3.8) is 0 Å². The van der Waals surface area contributed by atoms with Gasteiger partial charge in [0.05, 0.1) is 5.52 Å². The molecule has 0 saturated carbocycles. The van der Waals surface area contributed by atoms with Crippen LogP contribution in [0.5, 0.6) is 0 Å². The largest absolute Gasteiger partial charge is 0.330 e. The van der Waals surface area contributed by atoms with Crippen LogP contribution in [0.3, 0.4) is 0 Å². The summed E-state index contributed by atoms with van der Waals surface area (Å²) in [6, 6.07) is 9.43. The number of aromatic nitrogens is 1. The predicted molar refractivity (Wildman–Crippen MR) is 64.4 cm³/mol. The Kier molecular flexibility index (Phi) is 3.27. The van der Waals surface area contributed by atoms with Gasteiger partial charge in [0.25, 0.3) is 0 Å². The van der Waals surface area contributed by atoms with Crippen LogP contribution in [0.1, 0.15) is 23.2 Å². The number of nitrogens with zero attached hydrogens (tertiary/aromatic N) is 1. The Morgan fingerprint density at radius 3 is 3.00 bits per heavy atom. The van der Waals surface area contributed by atoms with Gasteiger partial charge in [-0.3, -0.25) is 9.78 Å². The average Bonchev–Trinajstić information content (AvgIpc) is 2.35. The van der Waals surface area contributed by atoms with Crippen LogP contribution in [0.25, 0.3) is 10.9 Å². The van der Waals surface area contributed by atoms with E-state index in [4.69, 9.17) is 5.73 Å². The molecule has 0 amide bonds. The van der Waals surface area contributed by atoms with Crippen molar-refractivity contribution in [2.24, 2.45) is 5.73 Å². The van der Waals surface area contributed by atoms with Gasteiger partial charge in [0.15, 0.2) is 5.78 Å². The lowest BCUT2D eigenvalue weighted by Gasteiger charge is -2.02. The minimum Gasteiger partial charge on any atom is -0.330 e. The molecule has 0 aliphatic rings. The normalized spacial score (nSPS) is 10.6. The fourth-order valence-electron chi connectivity index (χ4n) is 1.66. The van der Waals surface area contributed by atoms with Crippen LogP contribution in [-0.4, -0.2) is 17.3 Å². The first-order valence-electron chi connectivity index (χ1n) is 5.39. The molecule has 0 aliphatic heterocycles. The first kappa shape index (κ1) is 10.8. The number of nitrogens with two attached hydrogens (primary N) is 1. The summed E-state index contributed by atoms with van der Waals surface area (Å²) in [6.07, 6.45) is 3.00. The number of fused-ring (bicyclic) bond motifs is 1. The molecular weight excluding hydrogens is 200 g/mol. The topological polar surface area (TPSA) is 56.0 Å². The van der Waals surface area contributed by atoms with Gasteiger partial charge in [0.1, 0.15) is 0 Å². The summed E-state index contributed by atoms with van der Waals surface area (Å²) in [5, 5.41) is 1.00. The zero-order valence-corrected chi connectivity index (χ0v) is 9.02. The molecule has 2 N–H and O–H groups in total. The number of rotatable bonds is 4. The molecule has 2 rings (SSSR count). The van der Waals surface area contributed by atoms with Crippen molar-refractivity contribution in [3.8, 4) is 0 Å². The second-order valence-electron chi connectivity index (χ2n) is 3.73. The van der Waals surface area contributed by atoms with E-state index < -0.39 is 0 Å². The molecule has 16 heavy (non-hydrogen) atoms. The lowest BCUT2D eigenvalue weighted by molar-refractivity contribution is 0.0981. The smallest absolute Gasteiger partial charge is 0.162 e. The molecule has 2 aromatic rings. The summed E-state index contributed by atoms with van der Waals surface area (Å²) < 4.78 is 0. The van der Waals surface area contributed by atoms with E-state index in [0.717, 1.165) is 22.9 Å². The third kappa shape index (κ3) is 2.25. The molecule has 0 atom stereocenters. The van der Waals surface area contributed by atoms with Gasteiger partial charge in [-0.05, 0) is 37.2 Å². The Balaban J connectivity index is 2.28. The number of pyridine rings is 1. The maximum absolute atomic E-state index is 11.8. The number of hydrogen-bond donors (Lipinski definition) is 1. The van der Waals surface area contributed by atoms with E-state index in [1.165, 1.54) is 0 Å². The molecule has 1 heterocycles. The fraction of sp³-hybridized carbons (Fsp3) is 0.231. The Hall–Kier alpha value is -1.74. The maximum Gasteiger partial charge on any atom is 0.162 e. The van der Waals surface area contributed by atoms with Crippen molar-refractivity contribution in [1.29, 1.82) is 0 Å². The van der Waals surface area contributed by atoms with E-state index >= 15 is 0 Å². The molecule has 1 aromatic carbocycles. The standard InChI is InChI=1S/C13H14N2O/c14-7-1-4-13(16)11-5-6-12-10(9-11)3-2-8-15-12/h2-3,5-6,8-9H,1,4,7,14H2. The fourth-order valence-corrected chi connectivity index (χ4v) is 1.66. The van der Waals surface area contributed by atoms with Crippen molar-refractivity contribution in [2.45, 2.75) is 12.8 Å². The van der Waals surface area contributed by atoms with E-state index in [2.05, 4.69) is 4.98 Å². The second-order valence-corrected chi connectivity index (χ2v) is 3.73. The Labute approximate surface area is 94.3 Å². The van der Waals surface area contributed by atoms with E-state index in [-0.39, 0.29) is 5.78 Å². The molecule has 0 aliphatic carbocycles. The van der Waals surface area contributed by atoms with E-state index in [9.17, 15) is 4.79 Å². The van der Waals surface area contributed by atoms with Crippen LogP contribution in [0, 0.1) is 0 Å². The SMILES string of the molecule is NCCCC(=O)c1ccc2ncccc2c1. The van der Waals surface area contributed by atoms with Gasteiger partial charge in [-0.1, -0.05) is 6.07 Å². The number of hydrogen-bond acceptors (Lipinski definition) is 3. The summed E-state index contributed by atoms with van der Waals surface area (Å²) in [5.74, 6) is 0.149. The van der Waals surface area contributed by atoms with Gasteiger partial charge < -0.3 is 5.73 Å². The van der Waals surface area contributed by atoms with Crippen molar-refractivity contribution in [1.82, 2.24) is 4.98 Å². The highest BCUT2D eigenvalue weighted by atomic mass is 16.1. The molecule has 0 fully saturated rings. The summed E-state index contributed by atoms with van der Waals surface area (Å²) >= 11 is 0.